The molecule has 14 heteroatoms. The smallest absolute Gasteiger partial charge is 0.404 e. The topological polar surface area (TPSA) is 173 Å². The fraction of sp³-hybridized carbons (Fsp3) is 0.606. The first-order valence-electron chi connectivity index (χ1n) is 16.2. The van der Waals surface area contributed by atoms with E-state index in [0.29, 0.717) is 32.5 Å². The van der Waals surface area contributed by atoms with Gasteiger partial charge in [-0.3, -0.25) is 14.5 Å². The zero-order valence-corrected chi connectivity index (χ0v) is 28.3. The van der Waals surface area contributed by atoms with Crippen LogP contribution in [0, 0.1) is 12.3 Å². The Morgan fingerprint density at radius 1 is 1.17 bits per heavy atom. The predicted molar refractivity (Wildman–Crippen MR) is 178 cm³/mol. The normalized spacial score (nSPS) is 20.1. The summed E-state index contributed by atoms with van der Waals surface area (Å²) < 4.78 is 5.85. The maximum Gasteiger partial charge on any atom is 0.404 e. The van der Waals surface area contributed by atoms with E-state index in [2.05, 4.69) is 25.8 Å². The van der Waals surface area contributed by atoms with Gasteiger partial charge in [-0.2, -0.15) is 0 Å². The van der Waals surface area contributed by atoms with Gasteiger partial charge in [0.05, 0.1) is 40.4 Å². The van der Waals surface area contributed by atoms with Crippen molar-refractivity contribution in [2.45, 2.75) is 77.3 Å². The summed E-state index contributed by atoms with van der Waals surface area (Å²) in [6.07, 6.45) is 1.51. The van der Waals surface area contributed by atoms with Crippen LogP contribution in [0.4, 0.5) is 4.79 Å². The molecule has 0 bridgehead atoms. The molecule has 5 N–H and O–H groups in total. The average molecular weight is 673 g/mol. The van der Waals surface area contributed by atoms with Crippen molar-refractivity contribution in [1.82, 2.24) is 30.7 Å². The third-order valence-corrected chi connectivity index (χ3v) is 9.91. The summed E-state index contributed by atoms with van der Waals surface area (Å²) in [5.74, 6) is -0.576. The number of ether oxygens (including phenoxy) is 1. The van der Waals surface area contributed by atoms with Gasteiger partial charge in [-0.15, -0.1) is 11.3 Å². The number of piperidine rings is 1. The number of amides is 3. The number of hydrogen-bond donors (Lipinski definition) is 5. The van der Waals surface area contributed by atoms with E-state index in [0.717, 1.165) is 60.6 Å². The summed E-state index contributed by atoms with van der Waals surface area (Å²) in [6, 6.07) is 6.62. The Hall–Kier alpha value is -3.43. The van der Waals surface area contributed by atoms with Gasteiger partial charge in [-0.25, -0.2) is 9.78 Å². The molecule has 2 saturated heterocycles. The van der Waals surface area contributed by atoms with E-state index in [1.54, 1.807) is 11.3 Å². The van der Waals surface area contributed by atoms with Crippen molar-refractivity contribution >= 4 is 35.5 Å². The largest absolute Gasteiger partial charge is 0.465 e. The minimum Gasteiger partial charge on any atom is -0.465 e. The second-order valence-electron chi connectivity index (χ2n) is 13.1. The van der Waals surface area contributed by atoms with E-state index in [9.17, 15) is 24.3 Å². The molecule has 3 heterocycles. The molecule has 47 heavy (non-hydrogen) atoms. The van der Waals surface area contributed by atoms with E-state index >= 15 is 0 Å². The molecule has 0 unspecified atom stereocenters. The van der Waals surface area contributed by atoms with Gasteiger partial charge in [-0.1, -0.05) is 38.1 Å². The number of benzene rings is 1. The number of aliphatic hydroxyl groups is 1. The molecule has 2 aromatic rings. The quantitative estimate of drug-likeness (QED) is 0.131. The van der Waals surface area contributed by atoms with Crippen molar-refractivity contribution < 1.29 is 34.1 Å². The van der Waals surface area contributed by atoms with Gasteiger partial charge in [0, 0.05) is 44.7 Å². The number of β-amino-alcohol motifs (C(OH)–C–C–N with tert-alkyl or cyclic N) is 1. The van der Waals surface area contributed by atoms with Crippen LogP contribution in [0.2, 0.25) is 0 Å². The molecule has 258 valence electrons. The highest BCUT2D eigenvalue weighted by molar-refractivity contribution is 7.13. The highest BCUT2D eigenvalue weighted by Crippen LogP contribution is 2.29. The Morgan fingerprint density at radius 3 is 2.53 bits per heavy atom. The lowest BCUT2D eigenvalue weighted by molar-refractivity contribution is -0.133. The van der Waals surface area contributed by atoms with Crippen molar-refractivity contribution in [1.29, 1.82) is 0 Å². The highest BCUT2D eigenvalue weighted by Gasteiger charge is 2.41. The van der Waals surface area contributed by atoms with Gasteiger partial charge >= 0.3 is 6.09 Å². The molecule has 3 atom stereocenters. The van der Waals surface area contributed by atoms with Gasteiger partial charge in [0.25, 0.3) is 0 Å². The molecule has 13 nitrogen and oxygen atoms in total. The molecule has 0 radical (unpaired) electrons. The third kappa shape index (κ3) is 10.8. The predicted octanol–water partition coefficient (Wildman–Crippen LogP) is 2.02. The molecule has 1 aromatic carbocycles. The SMILES string of the molecule is Cc1ncsc1-c1ccc(CNC(=O)[C@@H]2C[C@@H](O)CN2CC(C)(C)[C@@H](C=O)NC(=O)COC2CCN(CCCNC(=O)O)CC2)cc1. The van der Waals surface area contributed by atoms with Crippen LogP contribution >= 0.6 is 11.3 Å². The summed E-state index contributed by atoms with van der Waals surface area (Å²) in [7, 11) is 0. The first-order valence-corrected chi connectivity index (χ1v) is 17.1. The summed E-state index contributed by atoms with van der Waals surface area (Å²) in [5, 5.41) is 27.3. The van der Waals surface area contributed by atoms with Crippen molar-refractivity contribution in [2.24, 2.45) is 5.41 Å². The van der Waals surface area contributed by atoms with Gasteiger partial charge in [-0.05, 0) is 50.3 Å². The maximum absolute atomic E-state index is 13.3. The lowest BCUT2D eigenvalue weighted by atomic mass is 9.84. The maximum atomic E-state index is 13.3. The number of carbonyl (C=O) groups excluding carboxylic acids is 3. The van der Waals surface area contributed by atoms with E-state index in [1.807, 2.05) is 55.4 Å². The summed E-state index contributed by atoms with van der Waals surface area (Å²) >= 11 is 1.59. The Labute approximate surface area is 280 Å². The van der Waals surface area contributed by atoms with Crippen molar-refractivity contribution in [3.8, 4) is 10.4 Å². The van der Waals surface area contributed by atoms with Crippen LogP contribution in [0.25, 0.3) is 10.4 Å². The number of carboxylic acid groups (broad SMARTS) is 1. The second kappa shape index (κ2) is 17.1. The van der Waals surface area contributed by atoms with Gasteiger partial charge in [0.2, 0.25) is 11.8 Å². The number of hydrogen-bond acceptors (Lipinski definition) is 10. The van der Waals surface area contributed by atoms with Crippen LogP contribution in [-0.4, -0.2) is 119 Å². The lowest BCUT2D eigenvalue weighted by Gasteiger charge is -2.37. The zero-order chi connectivity index (χ0) is 34.0. The molecule has 0 spiro atoms. The van der Waals surface area contributed by atoms with Crippen LogP contribution < -0.4 is 16.0 Å². The number of likely N-dealkylation sites (tertiary alicyclic amines) is 2. The second-order valence-corrected chi connectivity index (χ2v) is 14.0. The summed E-state index contributed by atoms with van der Waals surface area (Å²) in [6.45, 7) is 9.31. The number of nitrogens with one attached hydrogen (secondary N) is 3. The highest BCUT2D eigenvalue weighted by atomic mass is 32.1. The number of thiazole rings is 1. The molecular weight excluding hydrogens is 624 g/mol. The number of nitrogens with zero attached hydrogens (tertiary/aromatic N) is 3. The number of rotatable bonds is 16. The number of aryl methyl sites for hydroxylation is 1. The van der Waals surface area contributed by atoms with Crippen LogP contribution in [0.3, 0.4) is 0 Å². The van der Waals surface area contributed by atoms with Crippen LogP contribution in [0.5, 0.6) is 0 Å². The average Bonchev–Trinajstić information content (AvgIpc) is 3.64. The van der Waals surface area contributed by atoms with Gasteiger partial charge in [0.15, 0.2) is 0 Å². The standard InChI is InChI=1S/C33H48N6O7S/c1-22-30(47-21-36-22)24-7-5-23(6-8-24)16-35-31(43)27-15-25(41)17-39(27)20-33(2,3)28(18-40)37-29(42)19-46-26-9-13-38(14-10-26)12-4-11-34-32(44)45/h5-8,18,21,25-28,34,41H,4,9-17,19-20H2,1-3H3,(H,35,43)(H,37,42)(H,44,45)/t25-,27+,28-/m1/s1. The summed E-state index contributed by atoms with van der Waals surface area (Å²) in [5.41, 5.74) is 4.11. The number of aldehydes is 1. The Balaban J connectivity index is 1.21. The van der Waals surface area contributed by atoms with Crippen molar-refractivity contribution in [3.05, 3.63) is 41.0 Å². The molecule has 0 aliphatic carbocycles. The minimum atomic E-state index is -1.02. The third-order valence-electron chi connectivity index (χ3n) is 8.93. The molecule has 2 aliphatic rings. The van der Waals surface area contributed by atoms with E-state index < -0.39 is 29.7 Å². The monoisotopic (exact) mass is 672 g/mol. The number of aliphatic hydroxyl groups excluding tert-OH is 1. The molecule has 2 aliphatic heterocycles. The van der Waals surface area contributed by atoms with Crippen molar-refractivity contribution in [3.63, 3.8) is 0 Å². The fourth-order valence-electron chi connectivity index (χ4n) is 6.23. The van der Waals surface area contributed by atoms with Gasteiger partial charge in [0.1, 0.15) is 12.9 Å². The van der Waals surface area contributed by atoms with Crippen LogP contribution in [0.1, 0.15) is 50.8 Å². The zero-order valence-electron chi connectivity index (χ0n) is 27.4. The Bertz CT molecular complexity index is 1350. The molecule has 3 amide bonds. The Morgan fingerprint density at radius 2 is 1.89 bits per heavy atom. The summed E-state index contributed by atoms with van der Waals surface area (Å²) in [4.78, 5) is 58.4. The first kappa shape index (κ1) is 36.4. The van der Waals surface area contributed by atoms with E-state index in [4.69, 9.17) is 9.84 Å². The lowest BCUT2D eigenvalue weighted by Crippen LogP contribution is -2.54. The van der Waals surface area contributed by atoms with Crippen LogP contribution in [-0.2, 0) is 25.7 Å². The van der Waals surface area contributed by atoms with E-state index in [-0.39, 0.29) is 30.9 Å². The molecule has 1 aromatic heterocycles. The molecule has 4 rings (SSSR count). The minimum absolute atomic E-state index is 0.0670. The number of carbonyl (C=O) groups is 4. The fourth-order valence-corrected chi connectivity index (χ4v) is 7.04. The molecule has 2 fully saturated rings. The van der Waals surface area contributed by atoms with Crippen molar-refractivity contribution in [2.75, 3.05) is 45.9 Å². The van der Waals surface area contributed by atoms with Gasteiger partial charge < -0.3 is 40.6 Å². The Kier molecular flexibility index (Phi) is 13.3. The number of aromatic nitrogens is 1. The molecular formula is C33H48N6O7S. The first-order chi connectivity index (χ1) is 22.4. The van der Waals surface area contributed by atoms with E-state index in [1.165, 1.54) is 0 Å². The van der Waals surface area contributed by atoms with Crippen LogP contribution in [0.15, 0.2) is 29.8 Å². The molecule has 0 saturated carbocycles.